The summed E-state index contributed by atoms with van der Waals surface area (Å²) in [6, 6.07) is 9.48. The van der Waals surface area contributed by atoms with E-state index in [0.29, 0.717) is 0 Å². The average Bonchev–Trinajstić information content (AvgIpc) is 2.02. The monoisotopic (exact) mass is 209 g/mol. The summed E-state index contributed by atoms with van der Waals surface area (Å²) in [5.41, 5.74) is 0.842. The molecule has 1 amide bonds. The van der Waals surface area contributed by atoms with Crippen molar-refractivity contribution in [3.05, 3.63) is 30.3 Å². The fourth-order valence-corrected chi connectivity index (χ4v) is 1.67. The highest BCUT2D eigenvalue weighted by Gasteiger charge is 2.16. The van der Waals surface area contributed by atoms with E-state index >= 15 is 0 Å². The third-order valence-corrected chi connectivity index (χ3v) is 2.32. The second kappa shape index (κ2) is 4.51. The second-order valence-electron chi connectivity index (χ2n) is 3.99. The van der Waals surface area contributed by atoms with E-state index in [4.69, 9.17) is 0 Å². The van der Waals surface area contributed by atoms with E-state index in [0.717, 1.165) is 5.69 Å². The smallest absolute Gasteiger partial charge is 0.283 e. The molecule has 0 heterocycles. The quantitative estimate of drug-likeness (QED) is 0.763. The maximum atomic E-state index is 11.5. The first-order valence-electron chi connectivity index (χ1n) is 4.52. The zero-order valence-electron chi connectivity index (χ0n) is 8.70. The summed E-state index contributed by atoms with van der Waals surface area (Å²) in [6.45, 7) is 6.05. The minimum Gasteiger partial charge on any atom is -0.317 e. The molecule has 0 fully saturated rings. The molecule has 0 spiro atoms. The van der Waals surface area contributed by atoms with Crippen LogP contribution >= 0.6 is 11.8 Å². The molecule has 14 heavy (non-hydrogen) atoms. The van der Waals surface area contributed by atoms with Gasteiger partial charge in [0.05, 0.1) is 0 Å². The van der Waals surface area contributed by atoms with Crippen molar-refractivity contribution in [2.24, 2.45) is 0 Å². The molecule has 1 aromatic carbocycles. The number of hydrogen-bond donors (Lipinski definition) is 1. The van der Waals surface area contributed by atoms with E-state index < -0.39 is 0 Å². The van der Waals surface area contributed by atoms with Crippen LogP contribution in [-0.2, 0) is 0 Å². The van der Waals surface area contributed by atoms with Crippen LogP contribution in [0, 0.1) is 0 Å². The summed E-state index contributed by atoms with van der Waals surface area (Å²) in [5, 5.41) is 2.81. The number of carbonyl (C=O) groups excluding carboxylic acids is 1. The lowest BCUT2D eigenvalue weighted by Gasteiger charge is -2.16. The van der Waals surface area contributed by atoms with Crippen LogP contribution in [0.2, 0.25) is 0 Å². The summed E-state index contributed by atoms with van der Waals surface area (Å²) in [6.07, 6.45) is 0. The molecule has 0 aliphatic carbocycles. The number of nitrogens with one attached hydrogen (secondary N) is 1. The van der Waals surface area contributed by atoms with Crippen molar-refractivity contribution in [2.45, 2.75) is 25.5 Å². The average molecular weight is 209 g/mol. The first kappa shape index (κ1) is 11.1. The summed E-state index contributed by atoms with van der Waals surface area (Å²) < 4.78 is -0.0428. The van der Waals surface area contributed by atoms with Crippen molar-refractivity contribution in [3.63, 3.8) is 0 Å². The second-order valence-corrected chi connectivity index (χ2v) is 5.79. The van der Waals surface area contributed by atoms with Crippen LogP contribution in [0.3, 0.4) is 0 Å². The Hall–Kier alpha value is -0.960. The van der Waals surface area contributed by atoms with E-state index in [9.17, 15) is 4.79 Å². The van der Waals surface area contributed by atoms with Gasteiger partial charge in [-0.2, -0.15) is 0 Å². The summed E-state index contributed by atoms with van der Waals surface area (Å²) in [5.74, 6) is 0. The van der Waals surface area contributed by atoms with Crippen LogP contribution in [0.25, 0.3) is 0 Å². The van der Waals surface area contributed by atoms with Crippen LogP contribution in [0.5, 0.6) is 0 Å². The van der Waals surface area contributed by atoms with Crippen LogP contribution in [-0.4, -0.2) is 9.99 Å². The first-order valence-corrected chi connectivity index (χ1v) is 5.34. The molecule has 0 aliphatic heterocycles. The van der Waals surface area contributed by atoms with Crippen molar-refractivity contribution in [2.75, 3.05) is 5.32 Å². The highest BCUT2D eigenvalue weighted by atomic mass is 32.2. The van der Waals surface area contributed by atoms with Crippen LogP contribution in [0.1, 0.15) is 20.8 Å². The Labute approximate surface area is 89.1 Å². The minimum atomic E-state index is -0.0428. The molecular formula is C11H15NOS. The number of carbonyl (C=O) groups is 1. The highest BCUT2D eigenvalue weighted by Crippen LogP contribution is 2.25. The Morgan fingerprint density at radius 1 is 1.21 bits per heavy atom. The Morgan fingerprint density at radius 2 is 1.79 bits per heavy atom. The Morgan fingerprint density at radius 3 is 2.29 bits per heavy atom. The maximum Gasteiger partial charge on any atom is 0.283 e. The van der Waals surface area contributed by atoms with Gasteiger partial charge in [0.2, 0.25) is 0 Å². The molecule has 0 atom stereocenters. The molecule has 0 unspecified atom stereocenters. The van der Waals surface area contributed by atoms with E-state index in [2.05, 4.69) is 5.32 Å². The lowest BCUT2D eigenvalue weighted by Crippen LogP contribution is -2.15. The lowest BCUT2D eigenvalue weighted by atomic mass is 10.3. The van der Waals surface area contributed by atoms with Crippen molar-refractivity contribution < 1.29 is 4.79 Å². The van der Waals surface area contributed by atoms with Crippen molar-refractivity contribution in [1.82, 2.24) is 0 Å². The molecular weight excluding hydrogens is 194 g/mol. The molecule has 1 N–H and O–H groups in total. The van der Waals surface area contributed by atoms with Crippen LogP contribution < -0.4 is 5.32 Å². The largest absolute Gasteiger partial charge is 0.317 e. The van der Waals surface area contributed by atoms with Gasteiger partial charge in [-0.25, -0.2) is 0 Å². The van der Waals surface area contributed by atoms with E-state index in [1.165, 1.54) is 11.8 Å². The lowest BCUT2D eigenvalue weighted by molar-refractivity contribution is 0.269. The fraction of sp³-hybridized carbons (Fsp3) is 0.364. The Kier molecular flexibility index (Phi) is 3.58. The highest BCUT2D eigenvalue weighted by molar-refractivity contribution is 8.15. The third-order valence-electron chi connectivity index (χ3n) is 1.42. The van der Waals surface area contributed by atoms with E-state index in [1.807, 2.05) is 51.1 Å². The van der Waals surface area contributed by atoms with Gasteiger partial charge in [0.25, 0.3) is 5.24 Å². The standard InChI is InChI=1S/C11H15NOS/c1-11(2,3)14-10(13)12-9-7-5-4-6-8-9/h4-8H,1-3H3,(H,12,13). The SMILES string of the molecule is CC(C)(C)SC(=O)Nc1ccccc1. The zero-order chi connectivity index (χ0) is 10.6. The number of amides is 1. The fourth-order valence-electron chi connectivity index (χ4n) is 0.943. The summed E-state index contributed by atoms with van der Waals surface area (Å²) in [7, 11) is 0. The number of anilines is 1. The van der Waals surface area contributed by atoms with Crippen molar-refractivity contribution in [1.29, 1.82) is 0 Å². The molecule has 3 heteroatoms. The molecule has 0 saturated carbocycles. The maximum absolute atomic E-state index is 11.5. The van der Waals surface area contributed by atoms with Crippen molar-refractivity contribution >= 4 is 22.7 Å². The molecule has 0 bridgehead atoms. The first-order chi connectivity index (χ1) is 6.47. The molecule has 76 valence electrons. The normalized spacial score (nSPS) is 11.1. The van der Waals surface area contributed by atoms with Crippen LogP contribution in [0.4, 0.5) is 10.5 Å². The van der Waals surface area contributed by atoms with Crippen molar-refractivity contribution in [3.8, 4) is 0 Å². The van der Waals surface area contributed by atoms with Gasteiger partial charge >= 0.3 is 0 Å². The molecule has 2 nitrogen and oxygen atoms in total. The number of thioether (sulfide) groups is 1. The summed E-state index contributed by atoms with van der Waals surface area (Å²) >= 11 is 1.30. The number of hydrogen-bond acceptors (Lipinski definition) is 2. The number of para-hydroxylation sites is 1. The van der Waals surface area contributed by atoms with Gasteiger partial charge in [-0.05, 0) is 12.1 Å². The van der Waals surface area contributed by atoms with Gasteiger partial charge in [-0.3, -0.25) is 4.79 Å². The Balaban J connectivity index is 2.50. The zero-order valence-corrected chi connectivity index (χ0v) is 9.52. The van der Waals surface area contributed by atoms with Gasteiger partial charge in [-0.1, -0.05) is 50.7 Å². The van der Waals surface area contributed by atoms with Gasteiger partial charge in [-0.15, -0.1) is 0 Å². The van der Waals surface area contributed by atoms with E-state index in [1.54, 1.807) is 0 Å². The molecule has 0 saturated heterocycles. The predicted molar refractivity (Wildman–Crippen MR) is 62.8 cm³/mol. The summed E-state index contributed by atoms with van der Waals surface area (Å²) in [4.78, 5) is 11.5. The molecule has 0 radical (unpaired) electrons. The molecule has 0 aromatic heterocycles. The molecule has 1 rings (SSSR count). The van der Waals surface area contributed by atoms with Crippen LogP contribution in [0.15, 0.2) is 30.3 Å². The number of rotatable bonds is 1. The molecule has 1 aromatic rings. The van der Waals surface area contributed by atoms with Gasteiger partial charge < -0.3 is 5.32 Å². The minimum absolute atomic E-state index is 0.0105. The topological polar surface area (TPSA) is 29.1 Å². The molecule has 0 aliphatic rings. The third kappa shape index (κ3) is 4.33. The predicted octanol–water partition coefficient (Wildman–Crippen LogP) is 3.75. The number of benzene rings is 1. The Bertz CT molecular complexity index is 303. The van der Waals surface area contributed by atoms with Gasteiger partial charge in [0.1, 0.15) is 0 Å². The van der Waals surface area contributed by atoms with Gasteiger partial charge in [0, 0.05) is 10.4 Å². The van der Waals surface area contributed by atoms with E-state index in [-0.39, 0.29) is 9.99 Å². The van der Waals surface area contributed by atoms with Gasteiger partial charge in [0.15, 0.2) is 0 Å².